The third-order valence-corrected chi connectivity index (χ3v) is 4.59. The smallest absolute Gasteiger partial charge is 0.211 e. The maximum Gasteiger partial charge on any atom is 0.378 e. The van der Waals surface area contributed by atoms with Gasteiger partial charge >= 0.3 is 23.7 Å². The molecule has 1 saturated carbocycles. The molecule has 0 bridgehead atoms. The van der Waals surface area contributed by atoms with E-state index in [1.807, 2.05) is 0 Å². The SMILES string of the molecule is CC1(C)C(F)(F)C(F)(F)C(F)(F)C(F)(F)C1(CN=C=O)CN=C=O. The summed E-state index contributed by atoms with van der Waals surface area (Å²) in [5, 5.41) is 0. The Morgan fingerprint density at radius 1 is 0.667 bits per heavy atom. The molecule has 4 nitrogen and oxygen atoms in total. The molecule has 0 aromatic carbocycles. The number of rotatable bonds is 4. The van der Waals surface area contributed by atoms with Gasteiger partial charge in [-0.2, -0.15) is 35.1 Å². The molecule has 0 radical (unpaired) electrons. The molecule has 0 aliphatic heterocycles. The lowest BCUT2D eigenvalue weighted by molar-refractivity contribution is -0.460. The monoisotopic (exact) mass is 366 g/mol. The van der Waals surface area contributed by atoms with Crippen LogP contribution < -0.4 is 0 Å². The topological polar surface area (TPSA) is 58.9 Å². The third kappa shape index (κ3) is 1.92. The maximum atomic E-state index is 14.3. The fourth-order valence-corrected chi connectivity index (χ4v) is 2.76. The molecule has 0 aromatic heterocycles. The summed E-state index contributed by atoms with van der Waals surface area (Å²) in [4.78, 5) is 25.5. The minimum atomic E-state index is -6.50. The van der Waals surface area contributed by atoms with Crippen molar-refractivity contribution in [1.29, 1.82) is 0 Å². The third-order valence-electron chi connectivity index (χ3n) is 4.59. The first kappa shape index (κ1) is 20.2. The van der Waals surface area contributed by atoms with Gasteiger partial charge in [-0.05, 0) is 0 Å². The Morgan fingerprint density at radius 3 is 1.33 bits per heavy atom. The first-order chi connectivity index (χ1) is 10.6. The first-order valence-corrected chi connectivity index (χ1v) is 6.21. The van der Waals surface area contributed by atoms with Gasteiger partial charge in [0, 0.05) is 0 Å². The Labute approximate surface area is 129 Å². The summed E-state index contributed by atoms with van der Waals surface area (Å²) >= 11 is 0. The second-order valence-corrected chi connectivity index (χ2v) is 5.82. The molecule has 1 aliphatic rings. The molecule has 0 unspecified atom stereocenters. The average Bonchev–Trinajstić information content (AvgIpc) is 2.45. The van der Waals surface area contributed by atoms with E-state index in [2.05, 4.69) is 9.98 Å². The zero-order valence-corrected chi connectivity index (χ0v) is 12.1. The van der Waals surface area contributed by atoms with Crippen LogP contribution in [0, 0.1) is 10.8 Å². The van der Waals surface area contributed by atoms with Crippen LogP contribution >= 0.6 is 0 Å². The molecular formula is C12H10F8N2O2. The number of halogens is 8. The Kier molecular flexibility index (Phi) is 4.52. The summed E-state index contributed by atoms with van der Waals surface area (Å²) in [6.45, 7) is -3.10. The van der Waals surface area contributed by atoms with Crippen LogP contribution in [0.4, 0.5) is 35.1 Å². The van der Waals surface area contributed by atoms with Crippen LogP contribution in [-0.4, -0.2) is 48.9 Å². The lowest BCUT2D eigenvalue weighted by atomic mass is 9.51. The summed E-state index contributed by atoms with van der Waals surface area (Å²) < 4.78 is 111. The molecule has 1 fully saturated rings. The first-order valence-electron chi connectivity index (χ1n) is 6.21. The van der Waals surface area contributed by atoms with E-state index in [1.165, 1.54) is 0 Å². The Balaban J connectivity index is 3.94. The van der Waals surface area contributed by atoms with Crippen LogP contribution in [-0.2, 0) is 9.59 Å². The number of isocyanates is 2. The number of hydrogen-bond acceptors (Lipinski definition) is 4. The van der Waals surface area contributed by atoms with Gasteiger partial charge in [0.25, 0.3) is 0 Å². The summed E-state index contributed by atoms with van der Waals surface area (Å²) in [5.74, 6) is -24.4. The molecule has 136 valence electrons. The van der Waals surface area contributed by atoms with Gasteiger partial charge in [0.15, 0.2) is 0 Å². The Bertz CT molecular complexity index is 567. The number of carbonyl (C=O) groups excluding carboxylic acids is 2. The molecule has 24 heavy (non-hydrogen) atoms. The Morgan fingerprint density at radius 2 is 1.00 bits per heavy atom. The van der Waals surface area contributed by atoms with Crippen molar-refractivity contribution in [3.63, 3.8) is 0 Å². The van der Waals surface area contributed by atoms with Crippen molar-refractivity contribution < 1.29 is 44.7 Å². The van der Waals surface area contributed by atoms with E-state index in [-0.39, 0.29) is 13.8 Å². The van der Waals surface area contributed by atoms with Gasteiger partial charge in [0.2, 0.25) is 12.2 Å². The maximum absolute atomic E-state index is 14.3. The van der Waals surface area contributed by atoms with E-state index < -0.39 is 47.6 Å². The normalized spacial score (nSPS) is 31.4. The molecule has 1 rings (SSSR count). The van der Waals surface area contributed by atoms with E-state index in [9.17, 15) is 44.7 Å². The van der Waals surface area contributed by atoms with Gasteiger partial charge in [-0.15, -0.1) is 0 Å². The van der Waals surface area contributed by atoms with E-state index in [0.717, 1.165) is 0 Å². The van der Waals surface area contributed by atoms with Crippen molar-refractivity contribution in [2.45, 2.75) is 37.5 Å². The molecule has 0 aromatic rings. The molecule has 1 aliphatic carbocycles. The molecular weight excluding hydrogens is 356 g/mol. The molecule has 0 atom stereocenters. The number of nitrogens with zero attached hydrogens (tertiary/aromatic N) is 2. The highest BCUT2D eigenvalue weighted by Crippen LogP contribution is 2.72. The van der Waals surface area contributed by atoms with Crippen molar-refractivity contribution in [3.05, 3.63) is 0 Å². The summed E-state index contributed by atoms with van der Waals surface area (Å²) in [6.07, 6.45) is 1.38. The molecule has 0 saturated heterocycles. The van der Waals surface area contributed by atoms with Crippen LogP contribution in [0.2, 0.25) is 0 Å². The van der Waals surface area contributed by atoms with Crippen molar-refractivity contribution in [1.82, 2.24) is 0 Å². The highest BCUT2D eigenvalue weighted by atomic mass is 19.4. The van der Waals surface area contributed by atoms with Crippen molar-refractivity contribution in [2.24, 2.45) is 20.8 Å². The fraction of sp³-hybridized carbons (Fsp3) is 0.833. The molecule has 12 heteroatoms. The van der Waals surface area contributed by atoms with E-state index in [1.54, 1.807) is 0 Å². The Hall–Kier alpha value is -1.80. The average molecular weight is 366 g/mol. The molecule has 0 N–H and O–H groups in total. The minimum Gasteiger partial charge on any atom is -0.211 e. The number of aliphatic imine (C=N–C) groups is 2. The number of alkyl halides is 8. The zero-order valence-electron chi connectivity index (χ0n) is 12.1. The van der Waals surface area contributed by atoms with E-state index in [0.29, 0.717) is 12.2 Å². The van der Waals surface area contributed by atoms with Gasteiger partial charge in [0.05, 0.1) is 23.9 Å². The van der Waals surface area contributed by atoms with Crippen molar-refractivity contribution in [2.75, 3.05) is 13.1 Å². The summed E-state index contributed by atoms with van der Waals surface area (Å²) in [6, 6.07) is 0. The van der Waals surface area contributed by atoms with E-state index in [4.69, 9.17) is 0 Å². The molecule has 0 amide bonds. The second kappa shape index (κ2) is 5.35. The standard InChI is InChI=1S/C12H10F8N2O2/c1-7(2)8(3-21-5-23,4-22-6-24)10(15,16)12(19,20)11(17,18)9(7,13)14/h3-4H2,1-2H3. The van der Waals surface area contributed by atoms with Gasteiger partial charge in [0.1, 0.15) is 0 Å². The largest absolute Gasteiger partial charge is 0.378 e. The highest BCUT2D eigenvalue weighted by molar-refractivity contribution is 5.36. The van der Waals surface area contributed by atoms with Gasteiger partial charge in [-0.1, -0.05) is 13.8 Å². The predicted molar refractivity (Wildman–Crippen MR) is 62.0 cm³/mol. The van der Waals surface area contributed by atoms with Crippen LogP contribution in [0.15, 0.2) is 9.98 Å². The highest BCUT2D eigenvalue weighted by Gasteiger charge is 2.95. The van der Waals surface area contributed by atoms with Gasteiger partial charge in [-0.3, -0.25) is 0 Å². The summed E-state index contributed by atoms with van der Waals surface area (Å²) in [5.41, 5.74) is -7.32. The molecule has 0 heterocycles. The minimum absolute atomic E-state index is 0.185. The van der Waals surface area contributed by atoms with Crippen molar-refractivity contribution >= 4 is 12.2 Å². The van der Waals surface area contributed by atoms with Crippen LogP contribution in [0.25, 0.3) is 0 Å². The lowest BCUT2D eigenvalue weighted by Gasteiger charge is -2.60. The van der Waals surface area contributed by atoms with E-state index >= 15 is 0 Å². The zero-order chi connectivity index (χ0) is 19.2. The van der Waals surface area contributed by atoms with Crippen LogP contribution in [0.5, 0.6) is 0 Å². The lowest BCUT2D eigenvalue weighted by Crippen LogP contribution is -2.81. The second-order valence-electron chi connectivity index (χ2n) is 5.82. The molecule has 0 spiro atoms. The van der Waals surface area contributed by atoms with Crippen LogP contribution in [0.3, 0.4) is 0 Å². The van der Waals surface area contributed by atoms with Crippen LogP contribution in [0.1, 0.15) is 13.8 Å². The quantitative estimate of drug-likeness (QED) is 0.436. The van der Waals surface area contributed by atoms with Gasteiger partial charge in [-0.25, -0.2) is 19.6 Å². The summed E-state index contributed by atoms with van der Waals surface area (Å²) in [7, 11) is 0. The fourth-order valence-electron chi connectivity index (χ4n) is 2.76. The number of hydrogen-bond donors (Lipinski definition) is 0. The predicted octanol–water partition coefficient (Wildman–Crippen LogP) is 3.23. The van der Waals surface area contributed by atoms with Crippen molar-refractivity contribution in [3.8, 4) is 0 Å². The van der Waals surface area contributed by atoms with Gasteiger partial charge < -0.3 is 0 Å².